The normalized spacial score (nSPS) is 31.3. The molecule has 0 spiro atoms. The summed E-state index contributed by atoms with van der Waals surface area (Å²) in [6, 6.07) is 0. The Balaban J connectivity index is 0.000000374. The lowest BCUT2D eigenvalue weighted by Crippen LogP contribution is -2.38. The third-order valence-electron chi connectivity index (χ3n) is 18.2. The quantitative estimate of drug-likeness (QED) is 0.259. The predicted octanol–water partition coefficient (Wildman–Crippen LogP) is 23.0. The van der Waals surface area contributed by atoms with Gasteiger partial charge in [-0.1, -0.05) is 283 Å². The van der Waals surface area contributed by atoms with Crippen molar-refractivity contribution in [3.05, 3.63) is 0 Å². The molecule has 0 heterocycles. The van der Waals surface area contributed by atoms with E-state index in [0.717, 1.165) is 66.1 Å². The molecule has 3 heteroatoms. The molecule has 390 valence electrons. The summed E-state index contributed by atoms with van der Waals surface area (Å²) in [5, 5.41) is 0. The molecule has 0 saturated heterocycles. The highest BCUT2D eigenvalue weighted by atomic mass is 19.4. The van der Waals surface area contributed by atoms with Gasteiger partial charge in [0.25, 0.3) is 0 Å². The Hall–Kier alpha value is -0.210. The number of hydrogen-bond donors (Lipinski definition) is 0. The van der Waals surface area contributed by atoms with E-state index in [0.29, 0.717) is 24.2 Å². The summed E-state index contributed by atoms with van der Waals surface area (Å²) in [5.41, 5.74) is -0.744. The third-order valence-corrected chi connectivity index (χ3v) is 18.2. The van der Waals surface area contributed by atoms with Gasteiger partial charge in [-0.2, -0.15) is 13.2 Å². The first kappa shape index (κ1) is 62.8. The topological polar surface area (TPSA) is 0 Å². The Morgan fingerprint density at radius 3 is 0.723 bits per heavy atom. The van der Waals surface area contributed by atoms with Crippen molar-refractivity contribution < 1.29 is 13.2 Å². The van der Waals surface area contributed by atoms with Crippen LogP contribution in [-0.2, 0) is 0 Å². The molecule has 0 aliphatic heterocycles. The highest BCUT2D eigenvalue weighted by Gasteiger charge is 2.51. The minimum Gasteiger partial charge on any atom is -0.171 e. The van der Waals surface area contributed by atoms with Gasteiger partial charge >= 0.3 is 6.18 Å². The predicted molar refractivity (Wildman–Crippen MR) is 286 cm³/mol. The van der Waals surface area contributed by atoms with Gasteiger partial charge in [-0.15, -0.1) is 0 Å². The number of halogens is 3. The van der Waals surface area contributed by atoms with E-state index in [4.69, 9.17) is 0 Å². The molecule has 8 aliphatic rings. The van der Waals surface area contributed by atoms with E-state index in [-0.39, 0.29) is 0 Å². The van der Waals surface area contributed by atoms with E-state index in [1.54, 1.807) is 0 Å². The first-order valence-corrected chi connectivity index (χ1v) is 29.7. The minimum absolute atomic E-state index is 0.303. The molecule has 65 heavy (non-hydrogen) atoms. The van der Waals surface area contributed by atoms with Crippen LogP contribution < -0.4 is 0 Å². The average Bonchev–Trinajstić information content (AvgIpc) is 4.02. The number of hydrogen-bond acceptors (Lipinski definition) is 0. The highest BCUT2D eigenvalue weighted by Crippen LogP contribution is 2.49. The lowest BCUT2D eigenvalue weighted by molar-refractivity contribution is -0.229. The first-order chi connectivity index (χ1) is 30.7. The van der Waals surface area contributed by atoms with Gasteiger partial charge in [0.2, 0.25) is 0 Å². The van der Waals surface area contributed by atoms with Crippen LogP contribution in [0.15, 0.2) is 0 Å². The second kappa shape index (κ2) is 35.8. The minimum atomic E-state index is -4.01. The molecule has 0 bridgehead atoms. The fourth-order valence-electron chi connectivity index (χ4n) is 11.5. The van der Waals surface area contributed by atoms with Crippen LogP contribution >= 0.6 is 0 Å². The number of alkyl halides is 3. The SMILES string of the molecule is CC1CCC(C)(C(F)(F)F)CC1.CC1CCC(C)(C)CC1.CC1CCC(C)CC1.CC1CCC(C)CC1.CC1CCCC1.CC1CCCCC1.CCC1CCCC1.CCC1CCCCC1. The summed E-state index contributed by atoms with van der Waals surface area (Å²) in [6.45, 7) is 29.3. The first-order valence-electron chi connectivity index (χ1n) is 29.7. The monoisotopic (exact) mass is 923 g/mol. The lowest BCUT2D eigenvalue weighted by atomic mass is 9.72. The maximum Gasteiger partial charge on any atom is 0.394 e. The zero-order valence-electron chi connectivity index (χ0n) is 46.9. The zero-order chi connectivity index (χ0) is 48.7. The fourth-order valence-corrected chi connectivity index (χ4v) is 11.5. The van der Waals surface area contributed by atoms with E-state index < -0.39 is 11.6 Å². The van der Waals surface area contributed by atoms with Crippen molar-refractivity contribution in [2.45, 2.75) is 327 Å². The molecule has 0 aromatic rings. The number of rotatable bonds is 2. The molecule has 0 aromatic heterocycles. The van der Waals surface area contributed by atoms with Crippen molar-refractivity contribution >= 4 is 0 Å². The van der Waals surface area contributed by atoms with Crippen molar-refractivity contribution in [3.8, 4) is 0 Å². The van der Waals surface area contributed by atoms with Gasteiger partial charge in [-0.05, 0) is 103 Å². The maximum absolute atomic E-state index is 12.5. The largest absolute Gasteiger partial charge is 0.394 e. The second-order valence-electron chi connectivity index (χ2n) is 25.9. The van der Waals surface area contributed by atoms with Crippen molar-refractivity contribution in [2.75, 3.05) is 0 Å². The van der Waals surface area contributed by atoms with E-state index in [9.17, 15) is 13.2 Å². The summed E-state index contributed by atoms with van der Waals surface area (Å²) >= 11 is 0. The molecule has 8 fully saturated rings. The molecule has 0 N–H and O–H groups in total. The van der Waals surface area contributed by atoms with E-state index in [1.165, 1.54) is 212 Å². The lowest BCUT2D eigenvalue weighted by Gasteiger charge is -2.37. The van der Waals surface area contributed by atoms with Crippen LogP contribution in [0.4, 0.5) is 13.2 Å². The van der Waals surface area contributed by atoms with Gasteiger partial charge in [0, 0.05) is 0 Å². The van der Waals surface area contributed by atoms with Gasteiger partial charge in [0.15, 0.2) is 0 Å². The molecule has 0 nitrogen and oxygen atoms in total. The molecule has 8 rings (SSSR count). The van der Waals surface area contributed by atoms with Crippen LogP contribution in [0.25, 0.3) is 0 Å². The Kier molecular flexibility index (Phi) is 34.6. The highest BCUT2D eigenvalue weighted by molar-refractivity contribution is 4.86. The zero-order valence-corrected chi connectivity index (χ0v) is 46.9. The van der Waals surface area contributed by atoms with Gasteiger partial charge in [-0.25, -0.2) is 0 Å². The summed E-state index contributed by atoms with van der Waals surface area (Å²) in [7, 11) is 0. The van der Waals surface area contributed by atoms with Crippen molar-refractivity contribution in [2.24, 2.45) is 70.0 Å². The van der Waals surface area contributed by atoms with E-state index in [1.807, 2.05) is 6.92 Å². The molecular formula is C62H121F3. The molecule has 0 radical (unpaired) electrons. The van der Waals surface area contributed by atoms with Crippen LogP contribution in [0.2, 0.25) is 0 Å². The molecule has 8 aliphatic carbocycles. The van der Waals surface area contributed by atoms with Gasteiger partial charge < -0.3 is 0 Å². The van der Waals surface area contributed by atoms with Crippen molar-refractivity contribution in [3.63, 3.8) is 0 Å². The Morgan fingerprint density at radius 2 is 0.523 bits per heavy atom. The fraction of sp³-hybridized carbons (Fsp3) is 1.00. The van der Waals surface area contributed by atoms with Crippen LogP contribution in [0, 0.1) is 70.0 Å². The van der Waals surface area contributed by atoms with Gasteiger partial charge in [0.05, 0.1) is 5.41 Å². The van der Waals surface area contributed by atoms with Crippen LogP contribution in [0.1, 0.15) is 321 Å². The summed E-state index contributed by atoms with van der Waals surface area (Å²) < 4.78 is 37.4. The third kappa shape index (κ3) is 32.3. The second-order valence-corrected chi connectivity index (χ2v) is 25.9. The Morgan fingerprint density at radius 1 is 0.308 bits per heavy atom. The van der Waals surface area contributed by atoms with Crippen LogP contribution in [-0.4, -0.2) is 6.18 Å². The van der Waals surface area contributed by atoms with Gasteiger partial charge in [-0.3, -0.25) is 0 Å². The smallest absolute Gasteiger partial charge is 0.171 e. The maximum atomic E-state index is 12.5. The van der Waals surface area contributed by atoms with Crippen LogP contribution in [0.3, 0.4) is 0 Å². The Labute approximate surface area is 408 Å². The standard InChI is InChI=1S/C9H15F3.C9H18.3C8H16.2C7H14.C6H12/c1-7-3-5-8(2,6-4-7)9(10,11)12;1-8-4-6-9(2,3)7-5-8;2*1-7-3-5-8(2)6-4-7;1-2-8-6-4-3-5-7-8;1-7-5-3-2-4-6-7;1-2-7-5-3-4-6-7;1-6-4-2-3-5-6/h7H,3-6H2,1-2H3;8H,4-7H2,1-3H3;2*7-8H,3-6H2,1-2H3;8H,2-7H2,1H3;2*7H,2-6H2,1H3;6H,2-5H2,1H3. The van der Waals surface area contributed by atoms with Crippen molar-refractivity contribution in [1.29, 1.82) is 0 Å². The van der Waals surface area contributed by atoms with E-state index >= 15 is 0 Å². The molecule has 0 amide bonds. The molecule has 0 aromatic carbocycles. The molecular weight excluding hydrogens is 802 g/mol. The summed E-state index contributed by atoms with van der Waals surface area (Å²) in [4.78, 5) is 0. The van der Waals surface area contributed by atoms with Crippen molar-refractivity contribution in [1.82, 2.24) is 0 Å². The van der Waals surface area contributed by atoms with E-state index in [2.05, 4.69) is 76.2 Å². The molecule has 8 saturated carbocycles. The average molecular weight is 924 g/mol. The molecule has 0 atom stereocenters. The molecule has 0 unspecified atom stereocenters. The van der Waals surface area contributed by atoms with Crippen LogP contribution in [0.5, 0.6) is 0 Å². The van der Waals surface area contributed by atoms with Gasteiger partial charge in [0.1, 0.15) is 0 Å². The Bertz CT molecular complexity index is 978. The summed E-state index contributed by atoms with van der Waals surface area (Å²) in [5.74, 6) is 9.82. The summed E-state index contributed by atoms with van der Waals surface area (Å²) in [6.07, 6.45) is 45.4.